The van der Waals surface area contributed by atoms with Crippen LogP contribution in [0.4, 0.5) is 5.69 Å². The molecule has 6 heteroatoms. The highest BCUT2D eigenvalue weighted by Crippen LogP contribution is 2.24. The Hall–Kier alpha value is -2.34. The number of nitrogens with one attached hydrogen (secondary N) is 1. The Balaban J connectivity index is 1.74. The molecule has 0 heterocycles. The Kier molecular flexibility index (Phi) is 6.16. The fourth-order valence-electron chi connectivity index (χ4n) is 3.62. The number of carbonyl (C=O) groups excluding carboxylic acids is 1. The summed E-state index contributed by atoms with van der Waals surface area (Å²) in [4.78, 5) is 15.0. The van der Waals surface area contributed by atoms with Crippen molar-refractivity contribution in [2.45, 2.75) is 50.0 Å². The summed E-state index contributed by atoms with van der Waals surface area (Å²) < 4.78 is 27.6. The minimum absolute atomic E-state index is 0.0237. The molecular weight excluding hydrogens is 360 g/mol. The van der Waals surface area contributed by atoms with E-state index in [4.69, 9.17) is 0 Å². The first kappa shape index (κ1) is 19.4. The van der Waals surface area contributed by atoms with Crippen LogP contribution in [0.15, 0.2) is 59.5 Å². The second-order valence-corrected chi connectivity index (χ2v) is 8.56. The van der Waals surface area contributed by atoms with E-state index in [-0.39, 0.29) is 10.8 Å². The molecule has 27 heavy (non-hydrogen) atoms. The van der Waals surface area contributed by atoms with Crippen molar-refractivity contribution in [1.82, 2.24) is 4.90 Å². The fourth-order valence-corrected chi connectivity index (χ4v) is 4.68. The van der Waals surface area contributed by atoms with Crippen LogP contribution in [0, 0.1) is 0 Å². The lowest BCUT2D eigenvalue weighted by Gasteiger charge is -2.33. The monoisotopic (exact) mass is 386 g/mol. The average Bonchev–Trinajstić information content (AvgIpc) is 2.70. The summed E-state index contributed by atoms with van der Waals surface area (Å²) >= 11 is 0. The normalized spacial score (nSPS) is 15.3. The van der Waals surface area contributed by atoms with E-state index >= 15 is 0 Å². The SMILES string of the molecule is CCN(C(=O)c1ccc(S(=O)(=O)Nc2ccccc2)cc1)C1CCCCC1. The van der Waals surface area contributed by atoms with Crippen LogP contribution in [0.1, 0.15) is 49.4 Å². The Morgan fingerprint density at radius 3 is 2.22 bits per heavy atom. The van der Waals surface area contributed by atoms with E-state index in [2.05, 4.69) is 4.72 Å². The van der Waals surface area contributed by atoms with Crippen LogP contribution in [0.25, 0.3) is 0 Å². The molecule has 1 N–H and O–H groups in total. The van der Waals surface area contributed by atoms with Gasteiger partial charge in [0.05, 0.1) is 4.90 Å². The predicted octanol–water partition coefficient (Wildman–Crippen LogP) is 4.28. The summed E-state index contributed by atoms with van der Waals surface area (Å²) in [6.07, 6.45) is 5.66. The zero-order chi connectivity index (χ0) is 19.3. The highest BCUT2D eigenvalue weighted by Gasteiger charge is 2.25. The third kappa shape index (κ3) is 4.69. The van der Waals surface area contributed by atoms with Crippen molar-refractivity contribution in [3.05, 3.63) is 60.2 Å². The predicted molar refractivity (Wildman–Crippen MR) is 107 cm³/mol. The molecule has 1 amide bonds. The third-order valence-corrected chi connectivity index (χ3v) is 6.45. The number of carbonyl (C=O) groups is 1. The highest BCUT2D eigenvalue weighted by atomic mass is 32.2. The molecule has 0 aromatic heterocycles. The van der Waals surface area contributed by atoms with Gasteiger partial charge in [-0.1, -0.05) is 37.5 Å². The highest BCUT2D eigenvalue weighted by molar-refractivity contribution is 7.92. The van der Waals surface area contributed by atoms with E-state index in [1.165, 1.54) is 18.6 Å². The average molecular weight is 387 g/mol. The number of hydrogen-bond acceptors (Lipinski definition) is 3. The Morgan fingerprint density at radius 2 is 1.63 bits per heavy atom. The maximum Gasteiger partial charge on any atom is 0.261 e. The van der Waals surface area contributed by atoms with Gasteiger partial charge in [-0.05, 0) is 56.2 Å². The van der Waals surface area contributed by atoms with E-state index in [9.17, 15) is 13.2 Å². The van der Waals surface area contributed by atoms with Crippen LogP contribution in [-0.2, 0) is 10.0 Å². The van der Waals surface area contributed by atoms with E-state index in [1.807, 2.05) is 17.9 Å². The molecule has 1 fully saturated rings. The standard InChI is InChI=1S/C21H26N2O3S/c1-2-23(19-11-7-4-8-12-19)21(24)17-13-15-20(16-14-17)27(25,26)22-18-9-5-3-6-10-18/h3,5-6,9-10,13-16,19,22H,2,4,7-8,11-12H2,1H3. The van der Waals surface area contributed by atoms with Gasteiger partial charge in [0.15, 0.2) is 0 Å². The first-order chi connectivity index (χ1) is 13.0. The van der Waals surface area contributed by atoms with Crippen LogP contribution in [0.2, 0.25) is 0 Å². The third-order valence-electron chi connectivity index (χ3n) is 5.05. The molecule has 1 aliphatic carbocycles. The molecule has 0 aliphatic heterocycles. The molecule has 0 radical (unpaired) electrons. The van der Waals surface area contributed by atoms with Gasteiger partial charge in [0.25, 0.3) is 15.9 Å². The summed E-state index contributed by atoms with van der Waals surface area (Å²) in [6.45, 7) is 2.66. The van der Waals surface area contributed by atoms with Gasteiger partial charge < -0.3 is 4.90 Å². The van der Waals surface area contributed by atoms with E-state index in [0.29, 0.717) is 23.8 Å². The summed E-state index contributed by atoms with van der Waals surface area (Å²) in [7, 11) is -3.68. The molecule has 0 unspecified atom stereocenters. The van der Waals surface area contributed by atoms with Gasteiger partial charge in [-0.2, -0.15) is 0 Å². The zero-order valence-corrected chi connectivity index (χ0v) is 16.4. The van der Waals surface area contributed by atoms with E-state index < -0.39 is 10.0 Å². The number of hydrogen-bond donors (Lipinski definition) is 1. The van der Waals surface area contributed by atoms with Gasteiger partial charge in [-0.15, -0.1) is 0 Å². The van der Waals surface area contributed by atoms with Crippen molar-refractivity contribution < 1.29 is 13.2 Å². The van der Waals surface area contributed by atoms with Gasteiger partial charge in [-0.25, -0.2) is 8.42 Å². The molecule has 1 saturated carbocycles. The summed E-state index contributed by atoms with van der Waals surface area (Å²) in [5, 5.41) is 0. The van der Waals surface area contributed by atoms with Crippen molar-refractivity contribution in [3.63, 3.8) is 0 Å². The second-order valence-electron chi connectivity index (χ2n) is 6.88. The second kappa shape index (κ2) is 8.57. The molecule has 0 bridgehead atoms. The largest absolute Gasteiger partial charge is 0.336 e. The number of sulfonamides is 1. The van der Waals surface area contributed by atoms with Crippen molar-refractivity contribution in [3.8, 4) is 0 Å². The molecule has 5 nitrogen and oxygen atoms in total. The van der Waals surface area contributed by atoms with Crippen LogP contribution >= 0.6 is 0 Å². The number of rotatable bonds is 6. The number of amides is 1. The first-order valence-corrected chi connectivity index (χ1v) is 11.0. The molecular formula is C21H26N2O3S. The maximum atomic E-state index is 12.9. The number of para-hydroxylation sites is 1. The minimum Gasteiger partial charge on any atom is -0.336 e. The summed E-state index contributed by atoms with van der Waals surface area (Å²) in [5.41, 5.74) is 1.04. The van der Waals surface area contributed by atoms with Gasteiger partial charge in [0.2, 0.25) is 0 Å². The van der Waals surface area contributed by atoms with Crippen molar-refractivity contribution >= 4 is 21.6 Å². The number of nitrogens with zero attached hydrogens (tertiary/aromatic N) is 1. The first-order valence-electron chi connectivity index (χ1n) is 9.50. The smallest absolute Gasteiger partial charge is 0.261 e. The Bertz CT molecular complexity index is 858. The number of benzene rings is 2. The Labute approximate surface area is 161 Å². The lowest BCUT2D eigenvalue weighted by molar-refractivity contribution is 0.0648. The molecule has 2 aromatic rings. The fraction of sp³-hybridized carbons (Fsp3) is 0.381. The molecule has 0 atom stereocenters. The molecule has 3 rings (SSSR count). The van der Waals surface area contributed by atoms with Gasteiger partial charge in [-0.3, -0.25) is 9.52 Å². The summed E-state index contributed by atoms with van der Waals surface area (Å²) in [5.74, 6) is -0.0237. The van der Waals surface area contributed by atoms with Gasteiger partial charge >= 0.3 is 0 Å². The van der Waals surface area contributed by atoms with Crippen LogP contribution in [-0.4, -0.2) is 31.8 Å². The maximum absolute atomic E-state index is 12.9. The van der Waals surface area contributed by atoms with E-state index in [1.54, 1.807) is 36.4 Å². The van der Waals surface area contributed by atoms with Crippen molar-refractivity contribution in [1.29, 1.82) is 0 Å². The van der Waals surface area contributed by atoms with Crippen LogP contribution in [0.5, 0.6) is 0 Å². The zero-order valence-electron chi connectivity index (χ0n) is 15.6. The van der Waals surface area contributed by atoms with Crippen LogP contribution in [0.3, 0.4) is 0 Å². The van der Waals surface area contributed by atoms with Crippen LogP contribution < -0.4 is 4.72 Å². The summed E-state index contributed by atoms with van der Waals surface area (Å²) in [6, 6.07) is 15.2. The molecule has 0 saturated heterocycles. The molecule has 144 valence electrons. The van der Waals surface area contributed by atoms with Crippen molar-refractivity contribution in [2.24, 2.45) is 0 Å². The molecule has 2 aromatic carbocycles. The lowest BCUT2D eigenvalue weighted by atomic mass is 9.93. The number of anilines is 1. The molecule has 0 spiro atoms. The van der Waals surface area contributed by atoms with Gasteiger partial charge in [0.1, 0.15) is 0 Å². The van der Waals surface area contributed by atoms with Crippen molar-refractivity contribution in [2.75, 3.05) is 11.3 Å². The lowest BCUT2D eigenvalue weighted by Crippen LogP contribution is -2.41. The molecule has 1 aliphatic rings. The minimum atomic E-state index is -3.68. The topological polar surface area (TPSA) is 66.5 Å². The quantitative estimate of drug-likeness (QED) is 0.806. The van der Waals surface area contributed by atoms with Gasteiger partial charge in [0, 0.05) is 23.8 Å². The Morgan fingerprint density at radius 1 is 1.00 bits per heavy atom. The van der Waals surface area contributed by atoms with E-state index in [0.717, 1.165) is 25.7 Å².